The second-order valence-electron chi connectivity index (χ2n) is 7.98. The Bertz CT molecular complexity index is 1020. The number of piperazine rings is 1. The van der Waals surface area contributed by atoms with E-state index in [0.29, 0.717) is 18.7 Å². The Morgan fingerprint density at radius 3 is 2.35 bits per heavy atom. The van der Waals surface area contributed by atoms with E-state index in [-0.39, 0.29) is 24.4 Å². The third-order valence-corrected chi connectivity index (χ3v) is 5.84. The molecule has 2 amide bonds. The highest BCUT2D eigenvalue weighted by atomic mass is 16.2. The van der Waals surface area contributed by atoms with Crippen molar-refractivity contribution in [3.05, 3.63) is 66.2 Å². The maximum absolute atomic E-state index is 12.6. The standard InChI is InChI=1S/C25H28N4O2/c1-18-16-22(19(2)27-18)25(31)26-17-24(30)29-14-12-28(13-15-29)23-11-7-6-10-21(23)20-8-4-3-5-9-20/h3-11,16,19H,12-15,17H2,1-2H3,(H,26,31). The number of anilines is 1. The number of carbonyl (C=O) groups excluding carboxylic acids is 2. The largest absolute Gasteiger partial charge is 0.367 e. The second kappa shape index (κ2) is 9.16. The zero-order valence-corrected chi connectivity index (χ0v) is 18.0. The van der Waals surface area contributed by atoms with Gasteiger partial charge in [0.2, 0.25) is 11.8 Å². The fourth-order valence-corrected chi connectivity index (χ4v) is 4.19. The minimum atomic E-state index is -0.211. The van der Waals surface area contributed by atoms with Crippen molar-refractivity contribution in [1.29, 1.82) is 0 Å². The molecule has 2 aliphatic rings. The lowest BCUT2D eigenvalue weighted by Gasteiger charge is -2.37. The summed E-state index contributed by atoms with van der Waals surface area (Å²) < 4.78 is 0. The summed E-state index contributed by atoms with van der Waals surface area (Å²) in [6.07, 6.45) is 1.79. The molecule has 2 heterocycles. The smallest absolute Gasteiger partial charge is 0.249 e. The number of aliphatic imine (C=N–C) groups is 1. The van der Waals surface area contributed by atoms with E-state index in [1.54, 1.807) is 6.08 Å². The van der Waals surface area contributed by atoms with E-state index >= 15 is 0 Å². The van der Waals surface area contributed by atoms with Gasteiger partial charge in [0.15, 0.2) is 0 Å². The molecule has 2 aromatic rings. The van der Waals surface area contributed by atoms with Crippen LogP contribution < -0.4 is 10.2 Å². The fraction of sp³-hybridized carbons (Fsp3) is 0.320. The molecular formula is C25H28N4O2. The Labute approximate surface area is 183 Å². The molecular weight excluding hydrogens is 388 g/mol. The van der Waals surface area contributed by atoms with Gasteiger partial charge < -0.3 is 15.1 Å². The van der Waals surface area contributed by atoms with Crippen molar-refractivity contribution < 1.29 is 9.59 Å². The first-order chi connectivity index (χ1) is 15.0. The number of nitrogens with zero attached hydrogens (tertiary/aromatic N) is 3. The zero-order chi connectivity index (χ0) is 21.8. The molecule has 1 saturated heterocycles. The predicted molar refractivity (Wildman–Crippen MR) is 124 cm³/mol. The number of hydrogen-bond donors (Lipinski definition) is 1. The SMILES string of the molecule is CC1=NC(C)C(C(=O)NCC(=O)N2CCN(c3ccccc3-c3ccccc3)CC2)=C1. The van der Waals surface area contributed by atoms with Gasteiger partial charge in [0.1, 0.15) is 0 Å². The normalized spacial score (nSPS) is 18.5. The third kappa shape index (κ3) is 4.68. The third-order valence-electron chi connectivity index (χ3n) is 5.84. The molecule has 0 aliphatic carbocycles. The number of carbonyl (C=O) groups is 2. The van der Waals surface area contributed by atoms with Crippen LogP contribution in [0.25, 0.3) is 11.1 Å². The number of nitrogens with one attached hydrogen (secondary N) is 1. The molecule has 0 spiro atoms. The highest BCUT2D eigenvalue weighted by Gasteiger charge is 2.25. The molecule has 1 unspecified atom stereocenters. The topological polar surface area (TPSA) is 65.0 Å². The van der Waals surface area contributed by atoms with E-state index in [1.807, 2.05) is 36.9 Å². The first kappa shape index (κ1) is 20.8. The number of benzene rings is 2. The Hall–Kier alpha value is -3.41. The molecule has 160 valence electrons. The molecule has 1 fully saturated rings. The van der Waals surface area contributed by atoms with Crippen LogP contribution in [0.3, 0.4) is 0 Å². The van der Waals surface area contributed by atoms with Crippen molar-refractivity contribution in [2.24, 2.45) is 4.99 Å². The van der Waals surface area contributed by atoms with Gasteiger partial charge in [-0.2, -0.15) is 0 Å². The molecule has 6 heteroatoms. The molecule has 6 nitrogen and oxygen atoms in total. The van der Waals surface area contributed by atoms with Crippen molar-refractivity contribution in [2.45, 2.75) is 19.9 Å². The predicted octanol–water partition coefficient (Wildman–Crippen LogP) is 2.91. The van der Waals surface area contributed by atoms with Crippen LogP contribution in [-0.2, 0) is 9.59 Å². The number of allylic oxidation sites excluding steroid dienone is 1. The summed E-state index contributed by atoms with van der Waals surface area (Å²) in [4.78, 5) is 33.5. The molecule has 0 bridgehead atoms. The van der Waals surface area contributed by atoms with Gasteiger partial charge in [0.05, 0.1) is 12.6 Å². The van der Waals surface area contributed by atoms with E-state index in [9.17, 15) is 9.59 Å². The summed E-state index contributed by atoms with van der Waals surface area (Å²) >= 11 is 0. The van der Waals surface area contributed by atoms with E-state index in [4.69, 9.17) is 0 Å². The van der Waals surface area contributed by atoms with Crippen LogP contribution >= 0.6 is 0 Å². The van der Waals surface area contributed by atoms with E-state index in [0.717, 1.165) is 18.8 Å². The Morgan fingerprint density at radius 2 is 1.68 bits per heavy atom. The maximum atomic E-state index is 12.6. The van der Waals surface area contributed by atoms with Crippen LogP contribution in [0, 0.1) is 0 Å². The minimum absolute atomic E-state index is 0.0164. The quantitative estimate of drug-likeness (QED) is 0.815. The highest BCUT2D eigenvalue weighted by molar-refractivity contribution is 6.07. The lowest BCUT2D eigenvalue weighted by atomic mass is 10.0. The van der Waals surface area contributed by atoms with E-state index in [1.165, 1.54) is 16.8 Å². The minimum Gasteiger partial charge on any atom is -0.367 e. The Kier molecular flexibility index (Phi) is 6.16. The van der Waals surface area contributed by atoms with Crippen molar-refractivity contribution in [3.8, 4) is 11.1 Å². The summed E-state index contributed by atoms with van der Waals surface area (Å²) in [5, 5.41) is 2.76. The number of amides is 2. The first-order valence-corrected chi connectivity index (χ1v) is 10.7. The van der Waals surface area contributed by atoms with Gasteiger partial charge in [0.25, 0.3) is 0 Å². The molecule has 1 atom stereocenters. The zero-order valence-electron chi connectivity index (χ0n) is 18.0. The van der Waals surface area contributed by atoms with Crippen molar-refractivity contribution >= 4 is 23.2 Å². The van der Waals surface area contributed by atoms with Crippen LogP contribution in [0.1, 0.15) is 13.8 Å². The number of hydrogen-bond acceptors (Lipinski definition) is 4. The second-order valence-corrected chi connectivity index (χ2v) is 7.98. The van der Waals surface area contributed by atoms with E-state index < -0.39 is 0 Å². The van der Waals surface area contributed by atoms with Crippen LogP contribution in [0.15, 0.2) is 71.2 Å². The van der Waals surface area contributed by atoms with Gasteiger partial charge in [-0.15, -0.1) is 0 Å². The van der Waals surface area contributed by atoms with Crippen molar-refractivity contribution in [1.82, 2.24) is 10.2 Å². The first-order valence-electron chi connectivity index (χ1n) is 10.7. The lowest BCUT2D eigenvalue weighted by molar-refractivity contribution is -0.132. The molecule has 0 radical (unpaired) electrons. The summed E-state index contributed by atoms with van der Waals surface area (Å²) in [6, 6.07) is 18.6. The molecule has 0 aromatic heterocycles. The van der Waals surface area contributed by atoms with Gasteiger partial charge >= 0.3 is 0 Å². The maximum Gasteiger partial charge on any atom is 0.249 e. The molecule has 2 aliphatic heterocycles. The van der Waals surface area contributed by atoms with Gasteiger partial charge in [-0.1, -0.05) is 48.5 Å². The van der Waals surface area contributed by atoms with Crippen LogP contribution in [0.4, 0.5) is 5.69 Å². The number of rotatable bonds is 5. The summed E-state index contributed by atoms with van der Waals surface area (Å²) in [5.41, 5.74) is 5.04. The molecule has 31 heavy (non-hydrogen) atoms. The number of para-hydroxylation sites is 1. The summed E-state index contributed by atoms with van der Waals surface area (Å²) in [6.45, 7) is 6.58. The lowest BCUT2D eigenvalue weighted by Crippen LogP contribution is -2.51. The fourth-order valence-electron chi connectivity index (χ4n) is 4.19. The molecule has 2 aromatic carbocycles. The average molecular weight is 417 g/mol. The summed E-state index contributed by atoms with van der Waals surface area (Å²) in [7, 11) is 0. The molecule has 1 N–H and O–H groups in total. The molecule has 0 saturated carbocycles. The van der Waals surface area contributed by atoms with Gasteiger partial charge in [0, 0.05) is 48.7 Å². The molecule has 4 rings (SSSR count). The van der Waals surface area contributed by atoms with Gasteiger partial charge in [-0.05, 0) is 31.6 Å². The van der Waals surface area contributed by atoms with Crippen LogP contribution in [0.2, 0.25) is 0 Å². The van der Waals surface area contributed by atoms with E-state index in [2.05, 4.69) is 51.6 Å². The van der Waals surface area contributed by atoms with Crippen molar-refractivity contribution in [2.75, 3.05) is 37.6 Å². The monoisotopic (exact) mass is 416 g/mol. The van der Waals surface area contributed by atoms with Gasteiger partial charge in [-0.25, -0.2) is 0 Å². The highest BCUT2D eigenvalue weighted by Crippen LogP contribution is 2.31. The van der Waals surface area contributed by atoms with Crippen molar-refractivity contribution in [3.63, 3.8) is 0 Å². The Balaban J connectivity index is 1.33. The average Bonchev–Trinajstić information content (AvgIpc) is 3.16. The van der Waals surface area contributed by atoms with Crippen LogP contribution in [-0.4, -0.2) is 61.2 Å². The Morgan fingerprint density at radius 1 is 1.00 bits per heavy atom. The van der Waals surface area contributed by atoms with Gasteiger partial charge in [-0.3, -0.25) is 14.6 Å². The van der Waals surface area contributed by atoms with Crippen LogP contribution in [0.5, 0.6) is 0 Å². The summed E-state index contributed by atoms with van der Waals surface area (Å²) in [5.74, 6) is -0.259.